The van der Waals surface area contributed by atoms with Crippen LogP contribution in [0.25, 0.3) is 0 Å². The summed E-state index contributed by atoms with van der Waals surface area (Å²) in [5, 5.41) is 10.8. The first-order chi connectivity index (χ1) is 8.08. The zero-order valence-corrected chi connectivity index (χ0v) is 10.1. The van der Waals surface area contributed by atoms with Crippen LogP contribution in [0.3, 0.4) is 0 Å². The highest BCUT2D eigenvalue weighted by Gasteiger charge is 2.46. The van der Waals surface area contributed by atoms with Crippen LogP contribution in [0.1, 0.15) is 31.2 Å². The summed E-state index contributed by atoms with van der Waals surface area (Å²) in [6, 6.07) is 7.27. The van der Waals surface area contributed by atoms with Crippen molar-refractivity contribution < 1.29 is 9.50 Å². The lowest BCUT2D eigenvalue weighted by atomic mass is 9.81. The van der Waals surface area contributed by atoms with E-state index in [1.807, 2.05) is 0 Å². The fraction of sp³-hybridized carbons (Fsp3) is 0.571. The minimum Gasteiger partial charge on any atom is -0.385 e. The van der Waals surface area contributed by atoms with E-state index >= 15 is 0 Å². The van der Waals surface area contributed by atoms with Crippen molar-refractivity contribution in [2.45, 2.75) is 43.4 Å². The molecule has 2 aliphatic heterocycles. The monoisotopic (exact) mass is 235 g/mol. The van der Waals surface area contributed by atoms with Crippen LogP contribution in [-0.4, -0.2) is 29.1 Å². The van der Waals surface area contributed by atoms with E-state index in [9.17, 15) is 9.50 Å². The maximum Gasteiger partial charge on any atom is 0.123 e. The molecule has 2 saturated heterocycles. The maximum absolute atomic E-state index is 12.9. The van der Waals surface area contributed by atoms with Gasteiger partial charge < -0.3 is 10.0 Å². The summed E-state index contributed by atoms with van der Waals surface area (Å²) in [6.07, 6.45) is 3.88. The predicted molar refractivity (Wildman–Crippen MR) is 64.1 cm³/mol. The van der Waals surface area contributed by atoms with Crippen LogP contribution in [0.2, 0.25) is 0 Å². The van der Waals surface area contributed by atoms with E-state index in [1.165, 1.54) is 25.0 Å². The number of hydrogen-bond acceptors (Lipinski definition) is 2. The molecule has 0 radical (unpaired) electrons. The van der Waals surface area contributed by atoms with Crippen LogP contribution in [0, 0.1) is 5.82 Å². The van der Waals surface area contributed by atoms with E-state index in [2.05, 4.69) is 11.9 Å². The molecule has 1 N–H and O–H groups in total. The molecule has 0 aromatic heterocycles. The predicted octanol–water partition coefficient (Wildman–Crippen LogP) is 2.27. The van der Waals surface area contributed by atoms with Gasteiger partial charge in [-0.1, -0.05) is 12.1 Å². The lowest BCUT2D eigenvalue weighted by molar-refractivity contribution is -0.0493. The highest BCUT2D eigenvalue weighted by atomic mass is 19.1. The fourth-order valence-electron chi connectivity index (χ4n) is 3.44. The molecule has 3 atom stereocenters. The summed E-state index contributed by atoms with van der Waals surface area (Å²) in [4.78, 5) is 2.39. The minimum atomic E-state index is -0.758. The first-order valence-electron chi connectivity index (χ1n) is 6.29. The van der Waals surface area contributed by atoms with Gasteiger partial charge in [0.25, 0.3) is 0 Å². The van der Waals surface area contributed by atoms with Crippen molar-refractivity contribution in [3.63, 3.8) is 0 Å². The standard InChI is InChI=1S/C14H18FNO/c1-16-12-6-7-13(16)9-14(17,8-12)10-2-4-11(15)5-3-10/h2-5,12-13,17H,6-9H2,1H3/t12-,13+,14?. The molecule has 1 aromatic rings. The van der Waals surface area contributed by atoms with Crippen LogP contribution in [0.15, 0.2) is 24.3 Å². The molecule has 0 spiro atoms. The van der Waals surface area contributed by atoms with Gasteiger partial charge in [0, 0.05) is 12.1 Å². The zero-order valence-electron chi connectivity index (χ0n) is 10.1. The Bertz CT molecular complexity index is 403. The van der Waals surface area contributed by atoms with E-state index < -0.39 is 5.60 Å². The Balaban J connectivity index is 1.90. The van der Waals surface area contributed by atoms with Gasteiger partial charge in [-0.25, -0.2) is 4.39 Å². The van der Waals surface area contributed by atoms with Crippen molar-refractivity contribution >= 4 is 0 Å². The SMILES string of the molecule is CN1[C@@H]2CC[C@H]1CC(O)(c1ccc(F)cc1)C2. The number of piperidine rings is 1. The fourth-order valence-corrected chi connectivity index (χ4v) is 3.44. The van der Waals surface area contributed by atoms with Crippen molar-refractivity contribution in [1.82, 2.24) is 4.90 Å². The van der Waals surface area contributed by atoms with Crippen LogP contribution in [0.5, 0.6) is 0 Å². The molecule has 2 fully saturated rings. The smallest absolute Gasteiger partial charge is 0.123 e. The second kappa shape index (κ2) is 3.79. The minimum absolute atomic E-state index is 0.242. The molecular weight excluding hydrogens is 217 g/mol. The normalized spacial score (nSPS) is 37.4. The first kappa shape index (κ1) is 11.2. The maximum atomic E-state index is 12.9. The van der Waals surface area contributed by atoms with Crippen molar-refractivity contribution in [3.05, 3.63) is 35.6 Å². The Morgan fingerprint density at radius 2 is 1.71 bits per heavy atom. The lowest BCUT2D eigenvalue weighted by Crippen LogP contribution is -2.47. The molecule has 2 heterocycles. The van der Waals surface area contributed by atoms with Crippen molar-refractivity contribution in [2.75, 3.05) is 7.05 Å². The highest BCUT2D eigenvalue weighted by Crippen LogP contribution is 2.44. The summed E-state index contributed by atoms with van der Waals surface area (Å²) < 4.78 is 12.9. The highest BCUT2D eigenvalue weighted by molar-refractivity contribution is 5.25. The topological polar surface area (TPSA) is 23.5 Å². The van der Waals surface area contributed by atoms with Gasteiger partial charge in [-0.3, -0.25) is 0 Å². The summed E-state index contributed by atoms with van der Waals surface area (Å²) in [5.74, 6) is -0.242. The Hall–Kier alpha value is -0.930. The number of benzene rings is 1. The van der Waals surface area contributed by atoms with E-state index in [4.69, 9.17) is 0 Å². The van der Waals surface area contributed by atoms with E-state index in [0.29, 0.717) is 12.1 Å². The lowest BCUT2D eigenvalue weighted by Gasteiger charge is -2.42. The Morgan fingerprint density at radius 1 is 1.18 bits per heavy atom. The van der Waals surface area contributed by atoms with Crippen molar-refractivity contribution in [2.24, 2.45) is 0 Å². The third-order valence-electron chi connectivity index (χ3n) is 4.51. The summed E-state index contributed by atoms with van der Waals surface area (Å²) >= 11 is 0. The van der Waals surface area contributed by atoms with Gasteiger partial charge in [0.2, 0.25) is 0 Å². The zero-order chi connectivity index (χ0) is 12.0. The first-order valence-corrected chi connectivity index (χ1v) is 6.29. The average molecular weight is 235 g/mol. The molecule has 2 bridgehead atoms. The molecule has 0 saturated carbocycles. The number of fused-ring (bicyclic) bond motifs is 2. The van der Waals surface area contributed by atoms with Crippen molar-refractivity contribution in [3.8, 4) is 0 Å². The summed E-state index contributed by atoms with van der Waals surface area (Å²) in [6.45, 7) is 0. The molecule has 0 amide bonds. The number of aliphatic hydroxyl groups is 1. The second-order valence-electron chi connectivity index (χ2n) is 5.50. The van der Waals surface area contributed by atoms with Gasteiger partial charge in [0.1, 0.15) is 5.82 Å². The molecule has 1 unspecified atom stereocenters. The quantitative estimate of drug-likeness (QED) is 0.807. The molecule has 0 aliphatic carbocycles. The summed E-state index contributed by atoms with van der Waals surface area (Å²) in [7, 11) is 2.15. The molecule has 2 aliphatic rings. The Kier molecular flexibility index (Phi) is 2.49. The molecule has 17 heavy (non-hydrogen) atoms. The van der Waals surface area contributed by atoms with E-state index in [1.54, 1.807) is 12.1 Å². The van der Waals surface area contributed by atoms with E-state index in [0.717, 1.165) is 18.4 Å². The molecule has 1 aromatic carbocycles. The molecule has 92 valence electrons. The molecular formula is C14H18FNO. The van der Waals surface area contributed by atoms with E-state index in [-0.39, 0.29) is 5.82 Å². The average Bonchev–Trinajstić information content (AvgIpc) is 2.53. The molecule has 2 nitrogen and oxygen atoms in total. The van der Waals surface area contributed by atoms with Gasteiger partial charge >= 0.3 is 0 Å². The van der Waals surface area contributed by atoms with Crippen LogP contribution in [0.4, 0.5) is 4.39 Å². The molecule has 3 rings (SSSR count). The van der Waals surface area contributed by atoms with Gasteiger partial charge in [-0.15, -0.1) is 0 Å². The largest absolute Gasteiger partial charge is 0.385 e. The van der Waals surface area contributed by atoms with Gasteiger partial charge in [0.15, 0.2) is 0 Å². The second-order valence-corrected chi connectivity index (χ2v) is 5.50. The number of halogens is 1. The van der Waals surface area contributed by atoms with Crippen LogP contribution < -0.4 is 0 Å². The van der Waals surface area contributed by atoms with Gasteiger partial charge in [-0.05, 0) is 50.4 Å². The molecule has 3 heteroatoms. The third kappa shape index (κ3) is 1.78. The van der Waals surface area contributed by atoms with Gasteiger partial charge in [-0.2, -0.15) is 0 Å². The number of nitrogens with zero attached hydrogens (tertiary/aromatic N) is 1. The van der Waals surface area contributed by atoms with Crippen LogP contribution >= 0.6 is 0 Å². The number of rotatable bonds is 1. The van der Waals surface area contributed by atoms with Crippen LogP contribution in [-0.2, 0) is 5.60 Å². The van der Waals surface area contributed by atoms with Gasteiger partial charge in [0.05, 0.1) is 5.60 Å². The third-order valence-corrected chi connectivity index (χ3v) is 4.51. The Labute approximate surface area is 101 Å². The van der Waals surface area contributed by atoms with Crippen molar-refractivity contribution in [1.29, 1.82) is 0 Å². The number of hydrogen-bond donors (Lipinski definition) is 1. The summed E-state index contributed by atoms with van der Waals surface area (Å²) in [5.41, 5.74) is 0.107. The Morgan fingerprint density at radius 3 is 2.24 bits per heavy atom.